The summed E-state index contributed by atoms with van der Waals surface area (Å²) < 4.78 is 59.1. The van der Waals surface area contributed by atoms with E-state index < -0.39 is 28.6 Å². The van der Waals surface area contributed by atoms with Gasteiger partial charge in [0, 0.05) is 0 Å². The van der Waals surface area contributed by atoms with Crippen LogP contribution in [0.15, 0.2) is 53.7 Å². The minimum absolute atomic E-state index is 0.0263. The number of nitrogens with zero attached hydrogens (tertiary/aromatic N) is 2. The molecule has 3 aromatic rings. The van der Waals surface area contributed by atoms with Gasteiger partial charge in [-0.15, -0.1) is 0 Å². The molecule has 0 aliphatic rings. The van der Waals surface area contributed by atoms with E-state index in [4.69, 9.17) is 19.3 Å². The van der Waals surface area contributed by atoms with Gasteiger partial charge in [0.15, 0.2) is 23.1 Å². The number of para-hydroxylation sites is 1. The highest BCUT2D eigenvalue weighted by molar-refractivity contribution is 7.92. The Morgan fingerprint density at radius 3 is 2.39 bits per heavy atom. The number of benzene rings is 2. The summed E-state index contributed by atoms with van der Waals surface area (Å²) in [6.45, 7) is 5.06. The topological polar surface area (TPSA) is 140 Å². The van der Waals surface area contributed by atoms with Gasteiger partial charge in [-0.2, -0.15) is 4.98 Å². The lowest BCUT2D eigenvalue weighted by Gasteiger charge is -2.19. The third-order valence-electron chi connectivity index (χ3n) is 5.00. The van der Waals surface area contributed by atoms with Gasteiger partial charge >= 0.3 is 0 Å². The molecule has 12 heteroatoms. The van der Waals surface area contributed by atoms with E-state index in [1.165, 1.54) is 31.4 Å². The van der Waals surface area contributed by atoms with Crippen LogP contribution in [0.25, 0.3) is 0 Å². The Bertz CT molecular complexity index is 1300. The average molecular weight is 522 g/mol. The lowest BCUT2D eigenvalue weighted by molar-refractivity contribution is 0.0513. The molecule has 1 heterocycles. The van der Waals surface area contributed by atoms with Crippen LogP contribution >= 0.6 is 0 Å². The van der Waals surface area contributed by atoms with Crippen molar-refractivity contribution in [3.8, 4) is 23.1 Å². The SMILES string of the molecule is COc1c(F)cccc1Oc1c(NS(=O)(=O)c2ccc(C(C)(C)C)cc2)ncnc1OC[C@@H](O)CO. The Kier molecular flexibility index (Phi) is 8.33. The first kappa shape index (κ1) is 27.1. The van der Waals surface area contributed by atoms with E-state index in [-0.39, 0.29) is 45.9 Å². The zero-order valence-electron chi connectivity index (χ0n) is 20.2. The molecule has 0 spiro atoms. The number of aromatic nitrogens is 2. The van der Waals surface area contributed by atoms with Crippen molar-refractivity contribution in [2.75, 3.05) is 25.0 Å². The highest BCUT2D eigenvalue weighted by atomic mass is 32.2. The Morgan fingerprint density at radius 1 is 1.08 bits per heavy atom. The number of hydrogen-bond donors (Lipinski definition) is 3. The molecule has 0 bridgehead atoms. The van der Waals surface area contributed by atoms with Gasteiger partial charge < -0.3 is 24.4 Å². The fraction of sp³-hybridized carbons (Fsp3) is 0.333. The van der Waals surface area contributed by atoms with Crippen LogP contribution in [-0.4, -0.2) is 55.0 Å². The predicted octanol–water partition coefficient (Wildman–Crippen LogP) is 3.25. The van der Waals surface area contributed by atoms with E-state index in [1.807, 2.05) is 20.8 Å². The first-order valence-corrected chi connectivity index (χ1v) is 12.3. The second-order valence-corrected chi connectivity index (χ2v) is 10.4. The van der Waals surface area contributed by atoms with Crippen molar-refractivity contribution < 1.29 is 37.2 Å². The van der Waals surface area contributed by atoms with Gasteiger partial charge in [-0.1, -0.05) is 39.0 Å². The third kappa shape index (κ3) is 6.39. The van der Waals surface area contributed by atoms with Crippen LogP contribution in [0.3, 0.4) is 0 Å². The van der Waals surface area contributed by atoms with Gasteiger partial charge in [-0.05, 0) is 35.2 Å². The Morgan fingerprint density at radius 2 is 1.78 bits per heavy atom. The van der Waals surface area contributed by atoms with Crippen molar-refractivity contribution in [1.29, 1.82) is 0 Å². The zero-order chi connectivity index (χ0) is 26.5. The van der Waals surface area contributed by atoms with Crippen molar-refractivity contribution in [2.24, 2.45) is 0 Å². The molecular formula is C24H28FN3O7S. The van der Waals surface area contributed by atoms with Crippen LogP contribution in [0.4, 0.5) is 10.2 Å². The van der Waals surface area contributed by atoms with Gasteiger partial charge in [-0.25, -0.2) is 17.8 Å². The number of aliphatic hydroxyl groups excluding tert-OH is 2. The number of hydrogen-bond acceptors (Lipinski definition) is 9. The summed E-state index contributed by atoms with van der Waals surface area (Å²) in [5, 5.41) is 18.7. The van der Waals surface area contributed by atoms with Gasteiger partial charge in [0.2, 0.25) is 5.75 Å². The van der Waals surface area contributed by atoms with E-state index in [1.54, 1.807) is 12.1 Å². The number of methoxy groups -OCH3 is 1. The molecule has 194 valence electrons. The maximum atomic E-state index is 14.2. The van der Waals surface area contributed by atoms with Crippen molar-refractivity contribution in [3.05, 3.63) is 60.2 Å². The van der Waals surface area contributed by atoms with Crippen molar-refractivity contribution in [2.45, 2.75) is 37.2 Å². The summed E-state index contributed by atoms with van der Waals surface area (Å²) in [5.41, 5.74) is 0.780. The number of rotatable bonds is 10. The quantitative estimate of drug-likeness (QED) is 0.367. The smallest absolute Gasteiger partial charge is 0.263 e. The van der Waals surface area contributed by atoms with Crippen LogP contribution in [0.2, 0.25) is 0 Å². The third-order valence-corrected chi connectivity index (χ3v) is 6.36. The minimum atomic E-state index is -4.14. The van der Waals surface area contributed by atoms with Gasteiger partial charge in [0.25, 0.3) is 15.9 Å². The number of aliphatic hydroxyl groups is 2. The lowest BCUT2D eigenvalue weighted by Crippen LogP contribution is -2.22. The second kappa shape index (κ2) is 11.1. The second-order valence-electron chi connectivity index (χ2n) is 8.76. The molecule has 0 aliphatic carbocycles. The molecule has 2 aromatic carbocycles. The van der Waals surface area contributed by atoms with E-state index in [9.17, 15) is 17.9 Å². The number of sulfonamides is 1. The first-order valence-electron chi connectivity index (χ1n) is 10.9. The molecule has 0 amide bonds. The summed E-state index contributed by atoms with van der Waals surface area (Å²) in [4.78, 5) is 7.89. The summed E-state index contributed by atoms with van der Waals surface area (Å²) >= 11 is 0. The molecule has 0 fully saturated rings. The lowest BCUT2D eigenvalue weighted by atomic mass is 9.87. The molecule has 3 N–H and O–H groups in total. The monoisotopic (exact) mass is 521 g/mol. The number of halogens is 1. The number of nitrogens with one attached hydrogen (secondary N) is 1. The normalized spacial score (nSPS) is 12.6. The summed E-state index contributed by atoms with van der Waals surface area (Å²) in [6, 6.07) is 10.3. The highest BCUT2D eigenvalue weighted by Gasteiger charge is 2.25. The van der Waals surface area contributed by atoms with Gasteiger partial charge in [-0.3, -0.25) is 4.72 Å². The average Bonchev–Trinajstić information content (AvgIpc) is 2.83. The Balaban J connectivity index is 2.02. The molecule has 0 aliphatic heterocycles. The number of anilines is 1. The maximum Gasteiger partial charge on any atom is 0.263 e. The molecule has 3 rings (SSSR count). The Labute approximate surface area is 208 Å². The van der Waals surface area contributed by atoms with Crippen molar-refractivity contribution in [3.63, 3.8) is 0 Å². The fourth-order valence-electron chi connectivity index (χ4n) is 3.05. The molecular weight excluding hydrogens is 493 g/mol. The van der Waals surface area contributed by atoms with Crippen LogP contribution < -0.4 is 18.9 Å². The summed E-state index contributed by atoms with van der Waals surface area (Å²) in [6.07, 6.45) is -0.213. The van der Waals surface area contributed by atoms with E-state index in [2.05, 4.69) is 14.7 Å². The fourth-order valence-corrected chi connectivity index (χ4v) is 4.06. The minimum Gasteiger partial charge on any atom is -0.490 e. The molecule has 10 nitrogen and oxygen atoms in total. The van der Waals surface area contributed by atoms with Crippen LogP contribution in [-0.2, 0) is 15.4 Å². The molecule has 0 radical (unpaired) electrons. The molecule has 36 heavy (non-hydrogen) atoms. The van der Waals surface area contributed by atoms with Gasteiger partial charge in [0.05, 0.1) is 18.6 Å². The van der Waals surface area contributed by atoms with E-state index in [0.717, 1.165) is 18.0 Å². The van der Waals surface area contributed by atoms with Crippen LogP contribution in [0, 0.1) is 5.82 Å². The zero-order valence-corrected chi connectivity index (χ0v) is 21.0. The van der Waals surface area contributed by atoms with Crippen LogP contribution in [0.5, 0.6) is 23.1 Å². The highest BCUT2D eigenvalue weighted by Crippen LogP contribution is 2.41. The largest absolute Gasteiger partial charge is 0.490 e. The first-order chi connectivity index (χ1) is 17.0. The summed E-state index contributed by atoms with van der Waals surface area (Å²) in [7, 11) is -2.89. The maximum absolute atomic E-state index is 14.2. The molecule has 1 aromatic heterocycles. The van der Waals surface area contributed by atoms with E-state index in [0.29, 0.717) is 0 Å². The predicted molar refractivity (Wildman–Crippen MR) is 130 cm³/mol. The molecule has 0 unspecified atom stereocenters. The van der Waals surface area contributed by atoms with Gasteiger partial charge in [0.1, 0.15) is 19.0 Å². The Hall–Kier alpha value is -3.48. The van der Waals surface area contributed by atoms with Crippen molar-refractivity contribution >= 4 is 15.8 Å². The standard InChI is InChI=1S/C24H28FN3O7S/c1-24(2,3)15-8-10-17(11-9-15)36(31,32)28-22-21(23(27-14-26-22)34-13-16(30)12-29)35-19-7-5-6-18(25)20(19)33-4/h5-11,14,16,29-30H,12-13H2,1-4H3,(H,26,27,28)/t16-/m0/s1. The number of ether oxygens (including phenoxy) is 3. The summed E-state index contributed by atoms with van der Waals surface area (Å²) in [5.74, 6) is -1.93. The van der Waals surface area contributed by atoms with E-state index >= 15 is 0 Å². The van der Waals surface area contributed by atoms with Crippen LogP contribution in [0.1, 0.15) is 26.3 Å². The van der Waals surface area contributed by atoms with Crippen molar-refractivity contribution in [1.82, 2.24) is 9.97 Å². The molecule has 1 atom stereocenters. The molecule has 0 saturated carbocycles. The molecule has 0 saturated heterocycles.